The largest absolute Gasteiger partial charge is 0.462 e. The van der Waals surface area contributed by atoms with Gasteiger partial charge in [0.2, 0.25) is 0 Å². The number of unbranched alkanes of at least 4 members (excludes halogenated alkanes) is 23. The summed E-state index contributed by atoms with van der Waals surface area (Å²) in [6.07, 6.45) is 91.6. The second kappa shape index (κ2) is 61.3. The maximum atomic E-state index is 12.3. The predicted octanol–water partition coefficient (Wildman–Crippen LogP) is 20.4. The number of hydrogen-bond donors (Lipinski definition) is 1. The Balaban J connectivity index is 3.53. The monoisotopic (exact) mass is 995 g/mol. The van der Waals surface area contributed by atoms with Crippen LogP contribution in [-0.4, -0.2) is 36.4 Å². The van der Waals surface area contributed by atoms with Gasteiger partial charge < -0.3 is 14.6 Å². The van der Waals surface area contributed by atoms with Gasteiger partial charge >= 0.3 is 11.9 Å². The van der Waals surface area contributed by atoms with Crippen molar-refractivity contribution in [3.63, 3.8) is 0 Å². The second-order valence-electron chi connectivity index (χ2n) is 19.3. The van der Waals surface area contributed by atoms with E-state index in [1.54, 1.807) is 0 Å². The highest BCUT2D eigenvalue weighted by Crippen LogP contribution is 2.16. The standard InChI is InChI=1S/C67H110O5/c1-3-5-7-9-11-13-15-17-19-21-23-25-27-28-29-30-31-32-33-34-35-36-37-38-40-41-43-45-47-49-51-53-55-57-59-61-66(69)71-64-65(63-68)72-67(70)62-60-58-56-54-52-50-48-46-44-42-39-26-24-22-20-18-16-14-12-10-8-6-4-2/h5-8,11-14,17-20,23-26,42,44,48,50,54,56,65,68H,3-4,9-10,15-16,21-22,27-41,43,45-47,49,51-53,55,57-64H2,1-2H3/b7-5-,8-6-,13-11-,14-12-,19-17-,20-18-,25-23-,26-24-,44-42-,50-48-,56-54-. The van der Waals surface area contributed by atoms with Crippen LogP contribution in [0.5, 0.6) is 0 Å². The van der Waals surface area contributed by atoms with Gasteiger partial charge in [-0.05, 0) is 103 Å². The third kappa shape index (κ3) is 58.6. The molecule has 0 heterocycles. The third-order valence-electron chi connectivity index (χ3n) is 12.4. The van der Waals surface area contributed by atoms with Crippen LogP contribution in [-0.2, 0) is 19.1 Å². The number of aliphatic hydroxyl groups is 1. The number of hydrogen-bond acceptors (Lipinski definition) is 5. The molecule has 0 aliphatic heterocycles. The molecule has 1 unspecified atom stereocenters. The highest BCUT2D eigenvalue weighted by Gasteiger charge is 2.16. The second-order valence-corrected chi connectivity index (χ2v) is 19.3. The Morgan fingerprint density at radius 3 is 0.875 bits per heavy atom. The van der Waals surface area contributed by atoms with Crippen molar-refractivity contribution in [2.45, 2.75) is 264 Å². The van der Waals surface area contributed by atoms with Crippen molar-refractivity contribution in [1.29, 1.82) is 0 Å². The molecule has 1 atom stereocenters. The number of aliphatic hydroxyl groups excluding tert-OH is 1. The fraction of sp³-hybridized carbons (Fsp3) is 0.642. The molecule has 72 heavy (non-hydrogen) atoms. The van der Waals surface area contributed by atoms with Crippen molar-refractivity contribution in [2.24, 2.45) is 0 Å². The Labute approximate surface area is 445 Å². The van der Waals surface area contributed by atoms with Gasteiger partial charge in [-0.15, -0.1) is 0 Å². The molecule has 0 aromatic heterocycles. The molecular formula is C67H110O5. The fourth-order valence-electron chi connectivity index (χ4n) is 8.07. The highest BCUT2D eigenvalue weighted by molar-refractivity contribution is 5.70. The van der Waals surface area contributed by atoms with E-state index < -0.39 is 6.10 Å². The van der Waals surface area contributed by atoms with Crippen LogP contribution in [0.2, 0.25) is 0 Å². The van der Waals surface area contributed by atoms with Gasteiger partial charge in [-0.2, -0.15) is 0 Å². The summed E-state index contributed by atoms with van der Waals surface area (Å²) in [5.74, 6) is -0.661. The Bertz CT molecular complexity index is 1500. The van der Waals surface area contributed by atoms with Crippen LogP contribution < -0.4 is 0 Å². The van der Waals surface area contributed by atoms with Gasteiger partial charge in [0.1, 0.15) is 6.61 Å². The first-order chi connectivity index (χ1) is 35.6. The van der Waals surface area contributed by atoms with Crippen molar-refractivity contribution < 1.29 is 24.2 Å². The molecule has 0 aromatic rings. The van der Waals surface area contributed by atoms with Gasteiger partial charge in [-0.3, -0.25) is 9.59 Å². The highest BCUT2D eigenvalue weighted by atomic mass is 16.6. The molecule has 0 saturated carbocycles. The van der Waals surface area contributed by atoms with Crippen molar-refractivity contribution in [2.75, 3.05) is 13.2 Å². The summed E-state index contributed by atoms with van der Waals surface area (Å²) in [5.41, 5.74) is 0. The Hall–Kier alpha value is -3.96. The average Bonchev–Trinajstić information content (AvgIpc) is 3.38. The summed E-state index contributed by atoms with van der Waals surface area (Å²) < 4.78 is 10.7. The smallest absolute Gasteiger partial charge is 0.306 e. The van der Waals surface area contributed by atoms with Crippen LogP contribution in [0.1, 0.15) is 258 Å². The van der Waals surface area contributed by atoms with E-state index >= 15 is 0 Å². The van der Waals surface area contributed by atoms with E-state index in [4.69, 9.17) is 9.47 Å². The predicted molar refractivity (Wildman–Crippen MR) is 315 cm³/mol. The van der Waals surface area contributed by atoms with Crippen molar-refractivity contribution in [3.8, 4) is 0 Å². The topological polar surface area (TPSA) is 72.8 Å². The van der Waals surface area contributed by atoms with Crippen LogP contribution in [0.4, 0.5) is 0 Å². The Kier molecular flexibility index (Phi) is 58.0. The summed E-state index contributed by atoms with van der Waals surface area (Å²) in [4.78, 5) is 24.5. The van der Waals surface area contributed by atoms with Crippen LogP contribution in [0.15, 0.2) is 134 Å². The molecule has 1 N–H and O–H groups in total. The average molecular weight is 996 g/mol. The van der Waals surface area contributed by atoms with E-state index in [0.29, 0.717) is 12.8 Å². The molecule has 0 amide bonds. The zero-order valence-electron chi connectivity index (χ0n) is 46.6. The molecule has 408 valence electrons. The molecule has 0 saturated heterocycles. The lowest BCUT2D eigenvalue weighted by molar-refractivity contribution is -0.161. The van der Waals surface area contributed by atoms with Gasteiger partial charge in [0, 0.05) is 12.8 Å². The lowest BCUT2D eigenvalue weighted by Crippen LogP contribution is -2.28. The maximum Gasteiger partial charge on any atom is 0.306 e. The number of carbonyl (C=O) groups excluding carboxylic acids is 2. The first kappa shape index (κ1) is 68.0. The summed E-state index contributed by atoms with van der Waals surface area (Å²) in [7, 11) is 0. The van der Waals surface area contributed by atoms with E-state index in [1.165, 1.54) is 128 Å². The van der Waals surface area contributed by atoms with Gasteiger partial charge in [0.25, 0.3) is 0 Å². The molecule has 0 fully saturated rings. The minimum absolute atomic E-state index is 0.0944. The quantitative estimate of drug-likeness (QED) is 0.0373. The normalized spacial score (nSPS) is 13.2. The molecule has 0 aliphatic carbocycles. The fourth-order valence-corrected chi connectivity index (χ4v) is 8.07. The molecule has 0 spiro atoms. The van der Waals surface area contributed by atoms with E-state index in [-0.39, 0.29) is 31.6 Å². The van der Waals surface area contributed by atoms with Gasteiger partial charge in [0.15, 0.2) is 6.10 Å². The molecular weight excluding hydrogens is 885 g/mol. The first-order valence-corrected chi connectivity index (χ1v) is 29.7. The minimum atomic E-state index is -0.811. The van der Waals surface area contributed by atoms with Crippen LogP contribution in [0.3, 0.4) is 0 Å². The number of carbonyl (C=O) groups is 2. The lowest BCUT2D eigenvalue weighted by atomic mass is 10.0. The van der Waals surface area contributed by atoms with Crippen LogP contribution in [0.25, 0.3) is 0 Å². The zero-order chi connectivity index (χ0) is 52.0. The van der Waals surface area contributed by atoms with E-state index in [2.05, 4.69) is 148 Å². The van der Waals surface area contributed by atoms with Gasteiger partial charge in [0.05, 0.1) is 6.61 Å². The third-order valence-corrected chi connectivity index (χ3v) is 12.4. The maximum absolute atomic E-state index is 12.3. The summed E-state index contributed by atoms with van der Waals surface area (Å²) in [5, 5.41) is 9.65. The molecule has 5 heteroatoms. The minimum Gasteiger partial charge on any atom is -0.462 e. The SMILES string of the molecule is CC/C=C\C/C=C\C/C=C\C/C=C\C/C=C\C/C=C\C/C=C\CCCC(=O)OC(CO)COC(=O)CCCCCCCCCCCCCCCCCCCCCCCC/C=C\C/C=C\C/C=C\C/C=C\CC. The van der Waals surface area contributed by atoms with Crippen molar-refractivity contribution in [1.82, 2.24) is 0 Å². The summed E-state index contributed by atoms with van der Waals surface area (Å²) in [6.45, 7) is 3.88. The van der Waals surface area contributed by atoms with Crippen molar-refractivity contribution >= 4 is 11.9 Å². The molecule has 0 rings (SSSR count). The summed E-state index contributed by atoms with van der Waals surface area (Å²) in [6, 6.07) is 0. The van der Waals surface area contributed by atoms with Crippen molar-refractivity contribution in [3.05, 3.63) is 134 Å². The molecule has 0 bridgehead atoms. The Morgan fingerprint density at radius 2 is 0.569 bits per heavy atom. The van der Waals surface area contributed by atoms with E-state index in [9.17, 15) is 14.7 Å². The van der Waals surface area contributed by atoms with Crippen LogP contribution in [0, 0.1) is 0 Å². The number of rotatable bonds is 53. The number of esters is 2. The molecule has 0 aromatic carbocycles. The number of ether oxygens (including phenoxy) is 2. The zero-order valence-corrected chi connectivity index (χ0v) is 46.6. The Morgan fingerprint density at radius 1 is 0.319 bits per heavy atom. The number of allylic oxidation sites excluding steroid dienone is 22. The molecule has 0 aliphatic rings. The summed E-state index contributed by atoms with van der Waals surface area (Å²) >= 11 is 0. The van der Waals surface area contributed by atoms with E-state index in [1.807, 2.05) is 0 Å². The van der Waals surface area contributed by atoms with Gasteiger partial charge in [-0.1, -0.05) is 276 Å². The first-order valence-electron chi connectivity index (χ1n) is 29.7. The van der Waals surface area contributed by atoms with E-state index in [0.717, 1.165) is 96.3 Å². The lowest BCUT2D eigenvalue weighted by Gasteiger charge is -2.15. The molecule has 5 nitrogen and oxygen atoms in total. The van der Waals surface area contributed by atoms with Crippen LogP contribution >= 0.6 is 0 Å². The van der Waals surface area contributed by atoms with Gasteiger partial charge in [-0.25, -0.2) is 0 Å². The molecule has 0 radical (unpaired) electrons.